The van der Waals surface area contributed by atoms with Crippen molar-refractivity contribution in [2.45, 2.75) is 39.3 Å². The molecule has 102 valence electrons. The molecule has 0 spiro atoms. The first-order chi connectivity index (χ1) is 8.80. The summed E-state index contributed by atoms with van der Waals surface area (Å²) < 4.78 is 10.8. The summed E-state index contributed by atoms with van der Waals surface area (Å²) in [5, 5.41) is 3.48. The fraction of sp³-hybridized carbons (Fsp3) is 0.600. The van der Waals surface area contributed by atoms with Crippen LogP contribution in [0.1, 0.15) is 32.3 Å². The van der Waals surface area contributed by atoms with Crippen LogP contribution in [-0.4, -0.2) is 26.3 Å². The maximum atomic E-state index is 5.64. The third-order valence-corrected chi connectivity index (χ3v) is 3.07. The molecule has 1 rings (SSSR count). The standard InChI is InChI=1S/C15H25NO2/c1-4-14(5-2)16-9-10-18-12-13-7-6-8-15(11-13)17-3/h6-8,11,14,16H,4-5,9-10,12H2,1-3H3. The normalized spacial score (nSPS) is 10.9. The van der Waals surface area contributed by atoms with Crippen LogP contribution in [0.5, 0.6) is 5.75 Å². The van der Waals surface area contributed by atoms with Crippen LogP contribution in [0.4, 0.5) is 0 Å². The van der Waals surface area contributed by atoms with E-state index >= 15 is 0 Å². The maximum absolute atomic E-state index is 5.64. The number of ether oxygens (including phenoxy) is 2. The molecule has 0 saturated carbocycles. The van der Waals surface area contributed by atoms with Gasteiger partial charge in [-0.25, -0.2) is 0 Å². The minimum absolute atomic E-state index is 0.616. The largest absolute Gasteiger partial charge is 0.497 e. The Kier molecular flexibility index (Phi) is 7.46. The second-order valence-corrected chi connectivity index (χ2v) is 4.37. The topological polar surface area (TPSA) is 30.5 Å². The number of benzene rings is 1. The molecule has 1 aromatic rings. The highest BCUT2D eigenvalue weighted by Crippen LogP contribution is 2.12. The summed E-state index contributed by atoms with van der Waals surface area (Å²) in [6.45, 7) is 6.71. The molecular weight excluding hydrogens is 226 g/mol. The smallest absolute Gasteiger partial charge is 0.119 e. The van der Waals surface area contributed by atoms with Gasteiger partial charge in [0.25, 0.3) is 0 Å². The molecule has 18 heavy (non-hydrogen) atoms. The molecule has 0 heterocycles. The van der Waals surface area contributed by atoms with E-state index in [2.05, 4.69) is 25.2 Å². The van der Waals surface area contributed by atoms with Crippen LogP contribution in [0.25, 0.3) is 0 Å². The van der Waals surface area contributed by atoms with Crippen molar-refractivity contribution in [1.29, 1.82) is 0 Å². The van der Waals surface area contributed by atoms with Crippen LogP contribution in [0.2, 0.25) is 0 Å². The SMILES string of the molecule is CCC(CC)NCCOCc1cccc(OC)c1. The van der Waals surface area contributed by atoms with Gasteiger partial charge in [-0.1, -0.05) is 26.0 Å². The monoisotopic (exact) mass is 251 g/mol. The number of hydrogen-bond acceptors (Lipinski definition) is 3. The molecule has 0 unspecified atom stereocenters. The lowest BCUT2D eigenvalue weighted by atomic mass is 10.2. The summed E-state index contributed by atoms with van der Waals surface area (Å²) in [6.07, 6.45) is 2.35. The molecular formula is C15H25NO2. The molecule has 1 aromatic carbocycles. The maximum Gasteiger partial charge on any atom is 0.119 e. The van der Waals surface area contributed by atoms with Gasteiger partial charge < -0.3 is 14.8 Å². The minimum Gasteiger partial charge on any atom is -0.497 e. The van der Waals surface area contributed by atoms with Crippen molar-refractivity contribution in [2.75, 3.05) is 20.3 Å². The van der Waals surface area contributed by atoms with E-state index in [4.69, 9.17) is 9.47 Å². The van der Waals surface area contributed by atoms with Gasteiger partial charge in [-0.05, 0) is 30.5 Å². The molecule has 1 N–H and O–H groups in total. The van der Waals surface area contributed by atoms with Crippen molar-refractivity contribution in [3.8, 4) is 5.75 Å². The van der Waals surface area contributed by atoms with Crippen LogP contribution in [0, 0.1) is 0 Å². The van der Waals surface area contributed by atoms with Gasteiger partial charge in [-0.15, -0.1) is 0 Å². The molecule has 0 saturated heterocycles. The average molecular weight is 251 g/mol. The first-order valence-electron chi connectivity index (χ1n) is 6.74. The van der Waals surface area contributed by atoms with Gasteiger partial charge >= 0.3 is 0 Å². The van der Waals surface area contributed by atoms with Gasteiger partial charge in [-0.2, -0.15) is 0 Å². The summed E-state index contributed by atoms with van der Waals surface area (Å²) in [7, 11) is 1.68. The summed E-state index contributed by atoms with van der Waals surface area (Å²) in [5.74, 6) is 0.881. The van der Waals surface area contributed by atoms with Gasteiger partial charge in [-0.3, -0.25) is 0 Å². The molecule has 0 bridgehead atoms. The molecule has 0 fully saturated rings. The number of nitrogens with one attached hydrogen (secondary N) is 1. The lowest BCUT2D eigenvalue weighted by Gasteiger charge is -2.14. The first kappa shape index (κ1) is 15.0. The second-order valence-electron chi connectivity index (χ2n) is 4.37. The Morgan fingerprint density at radius 1 is 1.22 bits per heavy atom. The summed E-state index contributed by atoms with van der Waals surface area (Å²) in [5.41, 5.74) is 1.15. The Morgan fingerprint density at radius 2 is 2.00 bits per heavy atom. The average Bonchev–Trinajstić information content (AvgIpc) is 2.43. The summed E-state index contributed by atoms with van der Waals surface area (Å²) in [6, 6.07) is 8.61. The second kappa shape index (κ2) is 8.95. The highest BCUT2D eigenvalue weighted by molar-refractivity contribution is 5.27. The van der Waals surface area contributed by atoms with Crippen molar-refractivity contribution >= 4 is 0 Å². The van der Waals surface area contributed by atoms with Crippen LogP contribution in [0.15, 0.2) is 24.3 Å². The van der Waals surface area contributed by atoms with Crippen LogP contribution < -0.4 is 10.1 Å². The quantitative estimate of drug-likeness (QED) is 0.684. The van der Waals surface area contributed by atoms with E-state index in [-0.39, 0.29) is 0 Å². The Hall–Kier alpha value is -1.06. The van der Waals surface area contributed by atoms with Crippen molar-refractivity contribution in [2.24, 2.45) is 0 Å². The Bertz CT molecular complexity index is 324. The zero-order valence-electron chi connectivity index (χ0n) is 11.7. The van der Waals surface area contributed by atoms with Crippen LogP contribution >= 0.6 is 0 Å². The van der Waals surface area contributed by atoms with E-state index in [1.54, 1.807) is 7.11 Å². The number of methoxy groups -OCH3 is 1. The lowest BCUT2D eigenvalue weighted by molar-refractivity contribution is 0.120. The van der Waals surface area contributed by atoms with Gasteiger partial charge in [0.2, 0.25) is 0 Å². The zero-order chi connectivity index (χ0) is 13.2. The van der Waals surface area contributed by atoms with E-state index in [9.17, 15) is 0 Å². The summed E-state index contributed by atoms with van der Waals surface area (Å²) >= 11 is 0. The molecule has 0 atom stereocenters. The van der Waals surface area contributed by atoms with E-state index in [1.165, 1.54) is 12.8 Å². The van der Waals surface area contributed by atoms with Gasteiger partial charge in [0.1, 0.15) is 5.75 Å². The third kappa shape index (κ3) is 5.52. The fourth-order valence-corrected chi connectivity index (χ4v) is 1.86. The summed E-state index contributed by atoms with van der Waals surface area (Å²) in [4.78, 5) is 0. The Balaban J connectivity index is 2.17. The van der Waals surface area contributed by atoms with E-state index in [0.717, 1.165) is 24.5 Å². The first-order valence-corrected chi connectivity index (χ1v) is 6.74. The highest BCUT2D eigenvalue weighted by Gasteiger charge is 2.01. The van der Waals surface area contributed by atoms with Crippen LogP contribution in [0.3, 0.4) is 0 Å². The minimum atomic E-state index is 0.616. The van der Waals surface area contributed by atoms with E-state index in [0.29, 0.717) is 12.6 Å². The molecule has 0 amide bonds. The predicted octanol–water partition coefficient (Wildman–Crippen LogP) is 2.99. The Labute approximate surface area is 110 Å². The van der Waals surface area contributed by atoms with Crippen molar-refractivity contribution < 1.29 is 9.47 Å². The van der Waals surface area contributed by atoms with Crippen LogP contribution in [-0.2, 0) is 11.3 Å². The molecule has 3 heteroatoms. The fourth-order valence-electron chi connectivity index (χ4n) is 1.86. The Morgan fingerprint density at radius 3 is 2.67 bits per heavy atom. The molecule has 0 aliphatic carbocycles. The zero-order valence-corrected chi connectivity index (χ0v) is 11.7. The molecule has 0 radical (unpaired) electrons. The van der Waals surface area contributed by atoms with Gasteiger partial charge in [0.15, 0.2) is 0 Å². The van der Waals surface area contributed by atoms with Crippen molar-refractivity contribution in [3.63, 3.8) is 0 Å². The number of hydrogen-bond donors (Lipinski definition) is 1. The van der Waals surface area contributed by atoms with Gasteiger partial charge in [0, 0.05) is 12.6 Å². The number of rotatable bonds is 9. The van der Waals surface area contributed by atoms with Gasteiger partial charge in [0.05, 0.1) is 20.3 Å². The van der Waals surface area contributed by atoms with E-state index in [1.807, 2.05) is 18.2 Å². The molecule has 0 aromatic heterocycles. The van der Waals surface area contributed by atoms with Crippen molar-refractivity contribution in [1.82, 2.24) is 5.32 Å². The third-order valence-electron chi connectivity index (χ3n) is 3.07. The predicted molar refractivity (Wildman–Crippen MR) is 75.0 cm³/mol. The molecule has 3 nitrogen and oxygen atoms in total. The highest BCUT2D eigenvalue weighted by atomic mass is 16.5. The molecule has 0 aliphatic rings. The van der Waals surface area contributed by atoms with E-state index < -0.39 is 0 Å². The van der Waals surface area contributed by atoms with Crippen molar-refractivity contribution in [3.05, 3.63) is 29.8 Å². The lowest BCUT2D eigenvalue weighted by Crippen LogP contribution is -2.30. The molecule has 0 aliphatic heterocycles.